The number of carboxylic acids is 1. The maximum absolute atomic E-state index is 10.4. The lowest BCUT2D eigenvalue weighted by atomic mass is 10.3. The van der Waals surface area contributed by atoms with Gasteiger partial charge in [0.1, 0.15) is 6.04 Å². The number of rotatable bonds is 6. The molecule has 0 unspecified atom stereocenters. The highest BCUT2D eigenvalue weighted by atomic mass is 32.2. The van der Waals surface area contributed by atoms with Crippen molar-refractivity contribution in [2.24, 2.45) is 5.73 Å². The first-order valence-corrected chi connectivity index (χ1v) is 6.37. The lowest BCUT2D eigenvalue weighted by Gasteiger charge is -2.04. The number of carboxylic acid groups (broad SMARTS) is 1. The molecule has 0 aromatic carbocycles. The van der Waals surface area contributed by atoms with Crippen LogP contribution in [0.5, 0.6) is 0 Å². The van der Waals surface area contributed by atoms with E-state index in [2.05, 4.69) is 11.4 Å². The van der Waals surface area contributed by atoms with Crippen molar-refractivity contribution >= 4 is 29.1 Å². The number of carbonyl (C=O) groups is 1. The normalized spacial score (nSPS) is 12.6. The van der Waals surface area contributed by atoms with Crippen LogP contribution in [-0.2, 0) is 11.2 Å². The number of hydrogen-bond donors (Lipinski definition) is 2. The topological polar surface area (TPSA) is 63.3 Å². The van der Waals surface area contributed by atoms with Crippen molar-refractivity contribution in [2.45, 2.75) is 12.5 Å². The van der Waals surface area contributed by atoms with Gasteiger partial charge in [-0.3, -0.25) is 4.79 Å². The molecular weight excluding hydrogens is 218 g/mol. The van der Waals surface area contributed by atoms with Crippen LogP contribution in [0.3, 0.4) is 0 Å². The van der Waals surface area contributed by atoms with Crippen LogP contribution < -0.4 is 5.73 Å². The van der Waals surface area contributed by atoms with E-state index < -0.39 is 12.0 Å². The van der Waals surface area contributed by atoms with Gasteiger partial charge in [0.15, 0.2) is 0 Å². The Kier molecular flexibility index (Phi) is 5.00. The smallest absolute Gasteiger partial charge is 0.321 e. The van der Waals surface area contributed by atoms with Gasteiger partial charge in [-0.2, -0.15) is 23.1 Å². The second kappa shape index (κ2) is 6.06. The second-order valence-corrected chi connectivity index (χ2v) is 4.83. The highest BCUT2D eigenvalue weighted by molar-refractivity contribution is 7.99. The Morgan fingerprint density at radius 1 is 1.71 bits per heavy atom. The van der Waals surface area contributed by atoms with Crippen LogP contribution in [0.1, 0.15) is 5.56 Å². The first kappa shape index (κ1) is 11.6. The minimum Gasteiger partial charge on any atom is -0.480 e. The SMILES string of the molecule is N[C@H](CSCCc1ccsc1)C(=O)O. The van der Waals surface area contributed by atoms with Crippen molar-refractivity contribution in [1.29, 1.82) is 0 Å². The molecule has 78 valence electrons. The van der Waals surface area contributed by atoms with Crippen molar-refractivity contribution in [2.75, 3.05) is 11.5 Å². The Bertz CT molecular complexity index is 274. The maximum Gasteiger partial charge on any atom is 0.321 e. The Morgan fingerprint density at radius 2 is 2.50 bits per heavy atom. The van der Waals surface area contributed by atoms with Crippen LogP contribution in [0.4, 0.5) is 0 Å². The Labute approximate surface area is 91.3 Å². The summed E-state index contributed by atoms with van der Waals surface area (Å²) in [6, 6.07) is 1.35. The fourth-order valence-electron chi connectivity index (χ4n) is 0.907. The van der Waals surface area contributed by atoms with Gasteiger partial charge in [0.25, 0.3) is 0 Å². The van der Waals surface area contributed by atoms with Gasteiger partial charge in [-0.05, 0) is 34.6 Å². The van der Waals surface area contributed by atoms with Crippen molar-refractivity contribution in [1.82, 2.24) is 0 Å². The van der Waals surface area contributed by atoms with Crippen molar-refractivity contribution < 1.29 is 9.90 Å². The van der Waals surface area contributed by atoms with E-state index in [1.54, 1.807) is 23.1 Å². The Balaban J connectivity index is 2.08. The summed E-state index contributed by atoms with van der Waals surface area (Å²) >= 11 is 3.27. The number of thioether (sulfide) groups is 1. The first-order chi connectivity index (χ1) is 6.70. The zero-order valence-corrected chi connectivity index (χ0v) is 9.31. The van der Waals surface area contributed by atoms with Crippen molar-refractivity contribution in [3.8, 4) is 0 Å². The molecule has 1 rings (SSSR count). The standard InChI is InChI=1S/C9H13NO2S2/c10-8(9(11)12)6-14-4-2-7-1-3-13-5-7/h1,3,5,8H,2,4,6,10H2,(H,11,12)/t8-/m1/s1. The van der Waals surface area contributed by atoms with Gasteiger partial charge >= 0.3 is 5.97 Å². The van der Waals surface area contributed by atoms with E-state index in [-0.39, 0.29) is 0 Å². The molecule has 0 aliphatic heterocycles. The van der Waals surface area contributed by atoms with Gasteiger partial charge in [-0.25, -0.2) is 0 Å². The average Bonchev–Trinajstić information content (AvgIpc) is 2.64. The van der Waals surface area contributed by atoms with Gasteiger partial charge in [0.05, 0.1) is 0 Å². The minimum atomic E-state index is -0.923. The van der Waals surface area contributed by atoms with E-state index in [0.29, 0.717) is 5.75 Å². The third-order valence-electron chi connectivity index (χ3n) is 1.73. The molecule has 0 aliphatic rings. The van der Waals surface area contributed by atoms with E-state index in [1.165, 1.54) is 5.56 Å². The fourth-order valence-corrected chi connectivity index (χ4v) is 2.55. The highest BCUT2D eigenvalue weighted by Gasteiger charge is 2.10. The molecule has 1 aromatic heterocycles. The number of thiophene rings is 1. The number of aryl methyl sites for hydroxylation is 1. The zero-order valence-electron chi connectivity index (χ0n) is 7.68. The van der Waals surface area contributed by atoms with Crippen LogP contribution in [0.25, 0.3) is 0 Å². The molecule has 0 spiro atoms. The minimum absolute atomic E-state index is 0.486. The first-order valence-electron chi connectivity index (χ1n) is 4.27. The molecule has 0 amide bonds. The molecule has 1 heterocycles. The third-order valence-corrected chi connectivity index (χ3v) is 3.55. The van der Waals surface area contributed by atoms with Crippen LogP contribution >= 0.6 is 23.1 Å². The summed E-state index contributed by atoms with van der Waals surface area (Å²) in [5, 5.41) is 12.7. The number of nitrogens with two attached hydrogens (primary N) is 1. The lowest BCUT2D eigenvalue weighted by molar-refractivity contribution is -0.137. The molecular formula is C9H13NO2S2. The molecule has 0 aliphatic carbocycles. The molecule has 0 bridgehead atoms. The molecule has 0 saturated carbocycles. The molecule has 0 radical (unpaired) electrons. The summed E-state index contributed by atoms with van der Waals surface area (Å²) < 4.78 is 0. The van der Waals surface area contributed by atoms with E-state index in [1.807, 2.05) is 5.38 Å². The lowest BCUT2D eigenvalue weighted by Crippen LogP contribution is -2.32. The maximum atomic E-state index is 10.4. The molecule has 3 N–H and O–H groups in total. The highest BCUT2D eigenvalue weighted by Crippen LogP contribution is 2.10. The van der Waals surface area contributed by atoms with E-state index in [9.17, 15) is 4.79 Å². The van der Waals surface area contributed by atoms with Crippen LogP contribution in [0, 0.1) is 0 Å². The molecule has 3 nitrogen and oxygen atoms in total. The molecule has 5 heteroatoms. The van der Waals surface area contributed by atoms with E-state index >= 15 is 0 Å². The van der Waals surface area contributed by atoms with Crippen molar-refractivity contribution in [3.05, 3.63) is 22.4 Å². The van der Waals surface area contributed by atoms with E-state index in [4.69, 9.17) is 10.8 Å². The number of hydrogen-bond acceptors (Lipinski definition) is 4. The molecule has 1 atom stereocenters. The third kappa shape index (κ3) is 4.13. The van der Waals surface area contributed by atoms with Crippen LogP contribution in [0.15, 0.2) is 16.8 Å². The summed E-state index contributed by atoms with van der Waals surface area (Å²) in [7, 11) is 0. The monoisotopic (exact) mass is 231 g/mol. The summed E-state index contributed by atoms with van der Waals surface area (Å²) in [5.41, 5.74) is 6.67. The van der Waals surface area contributed by atoms with Gasteiger partial charge in [-0.1, -0.05) is 0 Å². The van der Waals surface area contributed by atoms with Crippen molar-refractivity contribution in [3.63, 3.8) is 0 Å². The summed E-state index contributed by atoms with van der Waals surface area (Å²) in [6.07, 6.45) is 0.987. The molecule has 0 fully saturated rings. The summed E-state index contributed by atoms with van der Waals surface area (Å²) in [5.74, 6) is 0.491. The summed E-state index contributed by atoms with van der Waals surface area (Å²) in [6.45, 7) is 0. The van der Waals surface area contributed by atoms with Gasteiger partial charge in [0, 0.05) is 5.75 Å². The second-order valence-electron chi connectivity index (χ2n) is 2.90. The quantitative estimate of drug-likeness (QED) is 0.727. The summed E-state index contributed by atoms with van der Waals surface area (Å²) in [4.78, 5) is 10.4. The largest absolute Gasteiger partial charge is 0.480 e. The Hall–Kier alpha value is -0.520. The van der Waals surface area contributed by atoms with Gasteiger partial charge in [0.2, 0.25) is 0 Å². The number of aliphatic carboxylic acids is 1. The van der Waals surface area contributed by atoms with Crippen LogP contribution in [-0.4, -0.2) is 28.6 Å². The van der Waals surface area contributed by atoms with E-state index in [0.717, 1.165) is 12.2 Å². The van der Waals surface area contributed by atoms with Crippen LogP contribution in [0.2, 0.25) is 0 Å². The average molecular weight is 231 g/mol. The predicted octanol–water partition coefficient (Wildman–Crippen LogP) is 1.44. The van der Waals surface area contributed by atoms with Gasteiger partial charge < -0.3 is 10.8 Å². The zero-order chi connectivity index (χ0) is 10.4. The molecule has 1 aromatic rings. The Morgan fingerprint density at radius 3 is 3.07 bits per heavy atom. The molecule has 0 saturated heterocycles. The molecule has 14 heavy (non-hydrogen) atoms. The predicted molar refractivity (Wildman–Crippen MR) is 61.0 cm³/mol. The fraction of sp³-hybridized carbons (Fsp3) is 0.444. The van der Waals surface area contributed by atoms with Gasteiger partial charge in [-0.15, -0.1) is 0 Å².